The SMILES string of the molecule is FC(F)(F)C(=C1C=CC(c2ccccc2)=CC1)C(F)(F)F. The maximum Gasteiger partial charge on any atom is 0.421 e. The minimum Gasteiger partial charge on any atom is -0.166 e. The Balaban J connectivity index is 2.37. The molecule has 0 spiro atoms. The van der Waals surface area contributed by atoms with Gasteiger partial charge >= 0.3 is 12.4 Å². The smallest absolute Gasteiger partial charge is 0.166 e. The average molecular weight is 304 g/mol. The summed E-state index contributed by atoms with van der Waals surface area (Å²) in [4.78, 5) is 0. The van der Waals surface area contributed by atoms with Crippen LogP contribution in [-0.2, 0) is 0 Å². The van der Waals surface area contributed by atoms with E-state index in [9.17, 15) is 26.3 Å². The summed E-state index contributed by atoms with van der Waals surface area (Å²) in [5.74, 6) is 0. The van der Waals surface area contributed by atoms with Gasteiger partial charge in [0.25, 0.3) is 0 Å². The highest BCUT2D eigenvalue weighted by molar-refractivity contribution is 5.76. The van der Waals surface area contributed by atoms with Crippen LogP contribution in [0.3, 0.4) is 0 Å². The van der Waals surface area contributed by atoms with Crippen LogP contribution in [0.4, 0.5) is 26.3 Å². The third kappa shape index (κ3) is 3.56. The fraction of sp³-hybridized carbons (Fsp3) is 0.200. The van der Waals surface area contributed by atoms with E-state index in [2.05, 4.69) is 0 Å². The summed E-state index contributed by atoms with van der Waals surface area (Å²) in [5, 5.41) is 0. The number of benzene rings is 1. The van der Waals surface area contributed by atoms with E-state index in [0.717, 1.165) is 11.6 Å². The van der Waals surface area contributed by atoms with Crippen LogP contribution in [0.5, 0.6) is 0 Å². The highest BCUT2D eigenvalue weighted by Gasteiger charge is 2.52. The zero-order chi connectivity index (χ0) is 15.7. The van der Waals surface area contributed by atoms with E-state index in [-0.39, 0.29) is 0 Å². The summed E-state index contributed by atoms with van der Waals surface area (Å²) in [5.41, 5.74) is -1.86. The van der Waals surface area contributed by atoms with E-state index in [1.807, 2.05) is 0 Å². The Morgan fingerprint density at radius 1 is 0.810 bits per heavy atom. The first-order valence-corrected chi connectivity index (χ1v) is 6.01. The monoisotopic (exact) mass is 304 g/mol. The molecule has 6 heteroatoms. The van der Waals surface area contributed by atoms with E-state index in [0.29, 0.717) is 5.57 Å². The van der Waals surface area contributed by atoms with Crippen molar-refractivity contribution >= 4 is 5.57 Å². The summed E-state index contributed by atoms with van der Waals surface area (Å²) in [6, 6.07) is 8.73. The molecule has 0 radical (unpaired) electrons. The highest BCUT2D eigenvalue weighted by atomic mass is 19.4. The maximum absolute atomic E-state index is 12.6. The van der Waals surface area contributed by atoms with Crippen molar-refractivity contribution in [3.05, 3.63) is 65.3 Å². The molecule has 0 aliphatic heterocycles. The average Bonchev–Trinajstić information content (AvgIpc) is 2.37. The van der Waals surface area contributed by atoms with E-state index in [1.165, 1.54) is 12.2 Å². The first-order chi connectivity index (χ1) is 9.69. The maximum atomic E-state index is 12.6. The van der Waals surface area contributed by atoms with Gasteiger partial charge in [-0.05, 0) is 23.1 Å². The van der Waals surface area contributed by atoms with Crippen molar-refractivity contribution in [2.24, 2.45) is 0 Å². The van der Waals surface area contributed by atoms with Gasteiger partial charge in [-0.2, -0.15) is 26.3 Å². The number of allylic oxidation sites excluding steroid dienone is 6. The van der Waals surface area contributed by atoms with Gasteiger partial charge in [-0.15, -0.1) is 0 Å². The molecule has 0 bridgehead atoms. The fourth-order valence-corrected chi connectivity index (χ4v) is 2.10. The zero-order valence-corrected chi connectivity index (χ0v) is 10.6. The molecule has 1 aliphatic carbocycles. The molecule has 1 aromatic rings. The van der Waals surface area contributed by atoms with Gasteiger partial charge in [0.05, 0.1) is 0 Å². The summed E-state index contributed by atoms with van der Waals surface area (Å²) < 4.78 is 75.5. The third-order valence-corrected chi connectivity index (χ3v) is 3.00. The second-order valence-corrected chi connectivity index (χ2v) is 4.46. The van der Waals surface area contributed by atoms with Crippen LogP contribution in [0.25, 0.3) is 5.57 Å². The lowest BCUT2D eigenvalue weighted by Crippen LogP contribution is -2.28. The van der Waals surface area contributed by atoms with Crippen LogP contribution in [-0.4, -0.2) is 12.4 Å². The van der Waals surface area contributed by atoms with Crippen molar-refractivity contribution in [1.29, 1.82) is 0 Å². The minimum atomic E-state index is -5.42. The lowest BCUT2D eigenvalue weighted by atomic mass is 9.93. The lowest BCUT2D eigenvalue weighted by Gasteiger charge is -2.20. The summed E-state index contributed by atoms with van der Waals surface area (Å²) >= 11 is 0. The predicted molar refractivity (Wildman–Crippen MR) is 67.3 cm³/mol. The number of alkyl halides is 6. The normalized spacial score (nSPS) is 15.9. The third-order valence-electron chi connectivity index (χ3n) is 3.00. The van der Waals surface area contributed by atoms with Crippen molar-refractivity contribution in [2.75, 3.05) is 0 Å². The molecule has 0 amide bonds. The Labute approximate surface area is 117 Å². The van der Waals surface area contributed by atoms with Gasteiger partial charge in [-0.3, -0.25) is 0 Å². The van der Waals surface area contributed by atoms with Gasteiger partial charge in [-0.1, -0.05) is 48.6 Å². The molecule has 0 heterocycles. The predicted octanol–water partition coefficient (Wildman–Crippen LogP) is 5.45. The van der Waals surface area contributed by atoms with Gasteiger partial charge in [-0.25, -0.2) is 0 Å². The summed E-state index contributed by atoms with van der Waals surface area (Å²) in [7, 11) is 0. The Morgan fingerprint density at radius 2 is 1.38 bits per heavy atom. The van der Waals surface area contributed by atoms with Crippen LogP contribution in [0.1, 0.15) is 12.0 Å². The van der Waals surface area contributed by atoms with Crippen molar-refractivity contribution in [1.82, 2.24) is 0 Å². The summed E-state index contributed by atoms with van der Waals surface area (Å²) in [6.45, 7) is 0. The molecule has 21 heavy (non-hydrogen) atoms. The Kier molecular flexibility index (Phi) is 3.98. The van der Waals surface area contributed by atoms with Gasteiger partial charge < -0.3 is 0 Å². The van der Waals surface area contributed by atoms with Crippen LogP contribution < -0.4 is 0 Å². The van der Waals surface area contributed by atoms with Crippen molar-refractivity contribution < 1.29 is 26.3 Å². The van der Waals surface area contributed by atoms with Crippen LogP contribution in [0.15, 0.2) is 59.7 Å². The highest BCUT2D eigenvalue weighted by Crippen LogP contribution is 2.42. The molecule has 1 aromatic carbocycles. The fourth-order valence-electron chi connectivity index (χ4n) is 2.10. The molecule has 2 rings (SSSR count). The largest absolute Gasteiger partial charge is 0.421 e. The molecule has 0 nitrogen and oxygen atoms in total. The molecule has 0 saturated carbocycles. The molecule has 0 N–H and O–H groups in total. The zero-order valence-electron chi connectivity index (χ0n) is 10.6. The van der Waals surface area contributed by atoms with Gasteiger partial charge in [0.2, 0.25) is 0 Å². The van der Waals surface area contributed by atoms with Crippen molar-refractivity contribution in [3.8, 4) is 0 Å². The number of hydrogen-bond donors (Lipinski definition) is 0. The molecule has 0 fully saturated rings. The Hall–Kier alpha value is -1.98. The van der Waals surface area contributed by atoms with Gasteiger partial charge in [0, 0.05) is 0 Å². The Morgan fingerprint density at radius 3 is 1.81 bits per heavy atom. The van der Waals surface area contributed by atoms with E-state index >= 15 is 0 Å². The second kappa shape index (κ2) is 5.42. The quantitative estimate of drug-likeness (QED) is 0.605. The molecule has 112 valence electrons. The molecule has 0 saturated heterocycles. The van der Waals surface area contributed by atoms with Gasteiger partial charge in [0.1, 0.15) is 5.57 Å². The van der Waals surface area contributed by atoms with E-state index in [4.69, 9.17) is 0 Å². The number of hydrogen-bond acceptors (Lipinski definition) is 0. The molecule has 1 aliphatic rings. The van der Waals surface area contributed by atoms with Gasteiger partial charge in [0.15, 0.2) is 0 Å². The molecule has 0 atom stereocenters. The number of halogens is 6. The molecular weight excluding hydrogens is 294 g/mol. The first kappa shape index (κ1) is 15.4. The van der Waals surface area contributed by atoms with Crippen LogP contribution in [0.2, 0.25) is 0 Å². The molecular formula is C15H10F6. The van der Waals surface area contributed by atoms with E-state index in [1.54, 1.807) is 30.3 Å². The van der Waals surface area contributed by atoms with Crippen LogP contribution >= 0.6 is 0 Å². The van der Waals surface area contributed by atoms with E-state index < -0.39 is 29.9 Å². The standard InChI is InChI=1S/C15H10F6/c16-14(17,18)13(15(19,20)21)12-8-6-11(7-9-12)10-4-2-1-3-5-10/h1-8H,9H2. The first-order valence-electron chi connectivity index (χ1n) is 6.01. The molecule has 0 unspecified atom stereocenters. The minimum absolute atomic E-state index is 0.408. The lowest BCUT2D eigenvalue weighted by molar-refractivity contribution is -0.172. The summed E-state index contributed by atoms with van der Waals surface area (Å²) in [6.07, 6.45) is -7.73. The van der Waals surface area contributed by atoms with Crippen molar-refractivity contribution in [3.63, 3.8) is 0 Å². The second-order valence-electron chi connectivity index (χ2n) is 4.46. The number of rotatable bonds is 1. The topological polar surface area (TPSA) is 0 Å². The molecule has 0 aromatic heterocycles. The Bertz CT molecular complexity index is 583. The van der Waals surface area contributed by atoms with Crippen molar-refractivity contribution in [2.45, 2.75) is 18.8 Å². The van der Waals surface area contributed by atoms with Crippen LogP contribution in [0, 0.1) is 0 Å².